The van der Waals surface area contributed by atoms with Crippen LogP contribution in [-0.2, 0) is 9.59 Å². The van der Waals surface area contributed by atoms with Crippen molar-refractivity contribution in [2.75, 3.05) is 11.9 Å². The van der Waals surface area contributed by atoms with Crippen molar-refractivity contribution in [1.29, 1.82) is 0 Å². The molecule has 5 nitrogen and oxygen atoms in total. The van der Waals surface area contributed by atoms with E-state index in [1.54, 1.807) is 24.3 Å². The number of anilines is 1. The SMILES string of the molecule is CC(=O)NCCC(=O)c1ccccc1NC=O. The first-order chi connectivity index (χ1) is 8.15. The van der Waals surface area contributed by atoms with Crippen molar-refractivity contribution in [1.82, 2.24) is 5.32 Å². The lowest BCUT2D eigenvalue weighted by Crippen LogP contribution is -2.23. The molecule has 0 aliphatic heterocycles. The normalized spacial score (nSPS) is 9.47. The standard InChI is InChI=1S/C12H14N2O3/c1-9(16)13-7-6-12(17)10-4-2-3-5-11(10)14-8-15/h2-5,8H,6-7H2,1H3,(H,13,16)(H,14,15). The topological polar surface area (TPSA) is 75.3 Å². The van der Waals surface area contributed by atoms with Gasteiger partial charge in [-0.15, -0.1) is 0 Å². The van der Waals surface area contributed by atoms with E-state index in [1.165, 1.54) is 6.92 Å². The fraction of sp³-hybridized carbons (Fsp3) is 0.250. The molecule has 17 heavy (non-hydrogen) atoms. The van der Waals surface area contributed by atoms with Gasteiger partial charge in [0.2, 0.25) is 12.3 Å². The summed E-state index contributed by atoms with van der Waals surface area (Å²) in [6.45, 7) is 1.69. The Morgan fingerprint density at radius 2 is 2.00 bits per heavy atom. The lowest BCUT2D eigenvalue weighted by Gasteiger charge is -2.07. The van der Waals surface area contributed by atoms with E-state index in [9.17, 15) is 14.4 Å². The van der Waals surface area contributed by atoms with Gasteiger partial charge in [0.05, 0.1) is 5.69 Å². The van der Waals surface area contributed by atoms with Crippen molar-refractivity contribution in [3.05, 3.63) is 29.8 Å². The van der Waals surface area contributed by atoms with Gasteiger partial charge in [-0.2, -0.15) is 0 Å². The van der Waals surface area contributed by atoms with E-state index in [4.69, 9.17) is 0 Å². The number of rotatable bonds is 6. The number of benzene rings is 1. The molecule has 5 heteroatoms. The first-order valence-corrected chi connectivity index (χ1v) is 5.22. The summed E-state index contributed by atoms with van der Waals surface area (Å²) in [4.78, 5) is 32.8. The van der Waals surface area contributed by atoms with Gasteiger partial charge >= 0.3 is 0 Å². The highest BCUT2D eigenvalue weighted by molar-refractivity contribution is 6.02. The average Bonchev–Trinajstić information content (AvgIpc) is 2.29. The highest BCUT2D eigenvalue weighted by atomic mass is 16.1. The first-order valence-electron chi connectivity index (χ1n) is 5.22. The molecule has 1 rings (SSSR count). The van der Waals surface area contributed by atoms with Gasteiger partial charge in [-0.05, 0) is 12.1 Å². The molecule has 2 amide bonds. The highest BCUT2D eigenvalue weighted by Crippen LogP contribution is 2.15. The quantitative estimate of drug-likeness (QED) is 0.568. The van der Waals surface area contributed by atoms with Crippen LogP contribution < -0.4 is 10.6 Å². The number of hydrogen-bond acceptors (Lipinski definition) is 3. The number of para-hydroxylation sites is 1. The molecule has 0 atom stereocenters. The number of carbonyl (C=O) groups is 3. The predicted octanol–water partition coefficient (Wildman–Crippen LogP) is 0.964. The molecule has 2 N–H and O–H groups in total. The van der Waals surface area contributed by atoms with Crippen LogP contribution in [0.1, 0.15) is 23.7 Å². The Hall–Kier alpha value is -2.17. The van der Waals surface area contributed by atoms with Gasteiger partial charge in [-0.3, -0.25) is 14.4 Å². The lowest BCUT2D eigenvalue weighted by molar-refractivity contribution is -0.118. The van der Waals surface area contributed by atoms with Crippen LogP contribution in [0.4, 0.5) is 5.69 Å². The Bertz CT molecular complexity index is 430. The van der Waals surface area contributed by atoms with Crippen molar-refractivity contribution in [2.45, 2.75) is 13.3 Å². The van der Waals surface area contributed by atoms with E-state index in [2.05, 4.69) is 10.6 Å². The number of Topliss-reactive ketones (excluding diaryl/α,β-unsaturated/α-hetero) is 1. The molecular weight excluding hydrogens is 220 g/mol. The van der Waals surface area contributed by atoms with Gasteiger partial charge in [0.25, 0.3) is 0 Å². The molecule has 0 unspecified atom stereocenters. The maximum Gasteiger partial charge on any atom is 0.216 e. The van der Waals surface area contributed by atoms with Gasteiger partial charge in [0, 0.05) is 25.5 Å². The van der Waals surface area contributed by atoms with Gasteiger partial charge in [0.15, 0.2) is 5.78 Å². The van der Waals surface area contributed by atoms with E-state index >= 15 is 0 Å². The summed E-state index contributed by atoms with van der Waals surface area (Å²) in [5.74, 6) is -0.291. The molecule has 0 saturated carbocycles. The fourth-order valence-corrected chi connectivity index (χ4v) is 1.40. The van der Waals surface area contributed by atoms with Crippen molar-refractivity contribution >= 4 is 23.8 Å². The minimum Gasteiger partial charge on any atom is -0.356 e. The molecule has 1 aromatic carbocycles. The van der Waals surface area contributed by atoms with E-state index in [-0.39, 0.29) is 18.1 Å². The summed E-state index contributed by atoms with van der Waals surface area (Å²) in [6.07, 6.45) is 0.733. The highest BCUT2D eigenvalue weighted by Gasteiger charge is 2.10. The molecule has 0 fully saturated rings. The van der Waals surface area contributed by atoms with E-state index in [1.807, 2.05) is 0 Å². The zero-order chi connectivity index (χ0) is 12.7. The molecular formula is C12H14N2O3. The van der Waals surface area contributed by atoms with Crippen LogP contribution in [0, 0.1) is 0 Å². The number of carbonyl (C=O) groups excluding carboxylic acids is 3. The zero-order valence-electron chi connectivity index (χ0n) is 9.53. The van der Waals surface area contributed by atoms with Crippen LogP contribution in [0.25, 0.3) is 0 Å². The average molecular weight is 234 g/mol. The zero-order valence-corrected chi connectivity index (χ0v) is 9.53. The minimum absolute atomic E-state index is 0.122. The monoisotopic (exact) mass is 234 g/mol. The number of amides is 2. The van der Waals surface area contributed by atoms with Gasteiger partial charge in [-0.25, -0.2) is 0 Å². The van der Waals surface area contributed by atoms with E-state index in [0.29, 0.717) is 24.2 Å². The molecule has 0 heterocycles. The van der Waals surface area contributed by atoms with Crippen molar-refractivity contribution in [2.24, 2.45) is 0 Å². The van der Waals surface area contributed by atoms with Crippen LogP contribution in [0.15, 0.2) is 24.3 Å². The third kappa shape index (κ3) is 4.06. The molecule has 0 aromatic heterocycles. The number of hydrogen-bond donors (Lipinski definition) is 2. The largest absolute Gasteiger partial charge is 0.356 e. The molecule has 0 saturated heterocycles. The van der Waals surface area contributed by atoms with Gasteiger partial charge < -0.3 is 10.6 Å². The third-order valence-electron chi connectivity index (χ3n) is 2.17. The molecule has 0 aliphatic carbocycles. The van der Waals surface area contributed by atoms with Crippen molar-refractivity contribution < 1.29 is 14.4 Å². The second-order valence-corrected chi connectivity index (χ2v) is 3.46. The predicted molar refractivity (Wildman–Crippen MR) is 63.8 cm³/mol. The molecule has 0 aliphatic rings. The first kappa shape index (κ1) is 12.9. The summed E-state index contributed by atoms with van der Waals surface area (Å²) in [6, 6.07) is 6.75. The van der Waals surface area contributed by atoms with E-state index < -0.39 is 0 Å². The van der Waals surface area contributed by atoms with Crippen molar-refractivity contribution in [3.63, 3.8) is 0 Å². The van der Waals surface area contributed by atoms with Gasteiger partial charge in [0.1, 0.15) is 0 Å². The van der Waals surface area contributed by atoms with Crippen molar-refractivity contribution in [3.8, 4) is 0 Å². The number of nitrogens with one attached hydrogen (secondary N) is 2. The van der Waals surface area contributed by atoms with E-state index in [0.717, 1.165) is 0 Å². The van der Waals surface area contributed by atoms with Crippen LogP contribution in [0.5, 0.6) is 0 Å². The summed E-state index contributed by atoms with van der Waals surface area (Å²) < 4.78 is 0. The second kappa shape index (κ2) is 6.42. The fourth-order valence-electron chi connectivity index (χ4n) is 1.40. The second-order valence-electron chi connectivity index (χ2n) is 3.46. The summed E-state index contributed by atoms with van der Waals surface area (Å²) in [7, 11) is 0. The molecule has 0 bridgehead atoms. The van der Waals surface area contributed by atoms with Crippen LogP contribution in [0.2, 0.25) is 0 Å². The Morgan fingerprint density at radius 3 is 2.65 bits per heavy atom. The number of ketones is 1. The summed E-state index contributed by atoms with van der Waals surface area (Å²) >= 11 is 0. The molecule has 90 valence electrons. The van der Waals surface area contributed by atoms with Crippen LogP contribution >= 0.6 is 0 Å². The Labute approximate surface area is 99.2 Å². The minimum atomic E-state index is -0.169. The Morgan fingerprint density at radius 1 is 1.29 bits per heavy atom. The molecule has 0 spiro atoms. The lowest BCUT2D eigenvalue weighted by atomic mass is 10.1. The van der Waals surface area contributed by atoms with Gasteiger partial charge in [-0.1, -0.05) is 12.1 Å². The van der Waals surface area contributed by atoms with Crippen LogP contribution in [0.3, 0.4) is 0 Å². The maximum absolute atomic E-state index is 11.8. The summed E-state index contributed by atoms with van der Waals surface area (Å²) in [5.41, 5.74) is 0.931. The molecule has 1 aromatic rings. The smallest absolute Gasteiger partial charge is 0.216 e. The Kier molecular flexibility index (Phi) is 4.87. The third-order valence-corrected chi connectivity index (χ3v) is 2.17. The Balaban J connectivity index is 2.67. The molecule has 0 radical (unpaired) electrons. The summed E-state index contributed by atoms with van der Waals surface area (Å²) in [5, 5.41) is 5.02. The maximum atomic E-state index is 11.8. The van der Waals surface area contributed by atoms with Crippen LogP contribution in [-0.4, -0.2) is 24.6 Å².